The molecule has 0 spiro atoms. The maximum Gasteiger partial charge on any atom is 0.250 e. The van der Waals surface area contributed by atoms with Crippen LogP contribution in [0.3, 0.4) is 0 Å². The molecular formula is C23H22N4O4S. The Bertz CT molecular complexity index is 1330. The third-order valence-electron chi connectivity index (χ3n) is 4.67. The zero-order chi connectivity index (χ0) is 23.5. The van der Waals surface area contributed by atoms with Crippen molar-refractivity contribution < 1.29 is 18.0 Å². The van der Waals surface area contributed by atoms with Crippen LogP contribution < -0.4 is 21.9 Å². The summed E-state index contributed by atoms with van der Waals surface area (Å²) < 4.78 is 23.0. The first-order valence-electron chi connectivity index (χ1n) is 9.47. The summed E-state index contributed by atoms with van der Waals surface area (Å²) >= 11 is 0. The van der Waals surface area contributed by atoms with Crippen LogP contribution in [0.15, 0.2) is 71.6 Å². The SMILES string of the molecule is Cc1cccc(NC(=O)C=Cc2cc(C(N)=O)c(N)c(-c3ccc(S(N)(=O)=O)cc3)c2)c1. The van der Waals surface area contributed by atoms with Crippen LogP contribution in [0, 0.1) is 6.92 Å². The van der Waals surface area contributed by atoms with E-state index in [-0.39, 0.29) is 22.1 Å². The van der Waals surface area contributed by atoms with Crippen LogP contribution in [0.5, 0.6) is 0 Å². The van der Waals surface area contributed by atoms with E-state index in [9.17, 15) is 18.0 Å². The van der Waals surface area contributed by atoms with Crippen molar-refractivity contribution in [2.24, 2.45) is 10.9 Å². The largest absolute Gasteiger partial charge is 0.398 e. The van der Waals surface area contributed by atoms with E-state index in [0.29, 0.717) is 22.4 Å². The normalized spacial score (nSPS) is 11.4. The van der Waals surface area contributed by atoms with Gasteiger partial charge in [0.25, 0.3) is 5.91 Å². The molecule has 0 saturated heterocycles. The third kappa shape index (κ3) is 5.39. The predicted octanol–water partition coefficient (Wildman–Crippen LogP) is 2.64. The minimum absolute atomic E-state index is 0.0567. The molecule has 0 atom stereocenters. The van der Waals surface area contributed by atoms with Gasteiger partial charge in [0.05, 0.1) is 16.1 Å². The molecule has 0 aliphatic carbocycles. The Morgan fingerprint density at radius 3 is 2.28 bits per heavy atom. The van der Waals surface area contributed by atoms with Gasteiger partial charge in [-0.2, -0.15) is 0 Å². The topological polar surface area (TPSA) is 158 Å². The van der Waals surface area contributed by atoms with Crippen LogP contribution in [-0.4, -0.2) is 20.2 Å². The van der Waals surface area contributed by atoms with Crippen LogP contribution in [0.1, 0.15) is 21.5 Å². The smallest absolute Gasteiger partial charge is 0.250 e. The van der Waals surface area contributed by atoms with Gasteiger partial charge in [-0.05, 0) is 66.1 Å². The number of rotatable bonds is 6. The first-order chi connectivity index (χ1) is 15.0. The van der Waals surface area contributed by atoms with E-state index in [1.165, 1.54) is 42.5 Å². The van der Waals surface area contributed by atoms with Gasteiger partial charge in [-0.3, -0.25) is 9.59 Å². The summed E-state index contributed by atoms with van der Waals surface area (Å²) in [4.78, 5) is 24.1. The summed E-state index contributed by atoms with van der Waals surface area (Å²) in [5.74, 6) is -1.09. The lowest BCUT2D eigenvalue weighted by Crippen LogP contribution is -2.14. The number of carbonyl (C=O) groups excluding carboxylic acids is 2. The first-order valence-corrected chi connectivity index (χ1v) is 11.0. The van der Waals surface area contributed by atoms with E-state index in [1.54, 1.807) is 12.1 Å². The Morgan fingerprint density at radius 2 is 1.69 bits per heavy atom. The van der Waals surface area contributed by atoms with Crippen LogP contribution in [-0.2, 0) is 14.8 Å². The van der Waals surface area contributed by atoms with Gasteiger partial charge in [-0.1, -0.05) is 24.3 Å². The highest BCUT2D eigenvalue weighted by molar-refractivity contribution is 7.89. The van der Waals surface area contributed by atoms with Crippen molar-refractivity contribution in [1.82, 2.24) is 0 Å². The van der Waals surface area contributed by atoms with Gasteiger partial charge >= 0.3 is 0 Å². The van der Waals surface area contributed by atoms with E-state index in [1.807, 2.05) is 25.1 Å². The van der Waals surface area contributed by atoms with E-state index in [2.05, 4.69) is 5.32 Å². The molecule has 0 aromatic heterocycles. The van der Waals surface area contributed by atoms with Crippen molar-refractivity contribution in [2.75, 3.05) is 11.1 Å². The maximum absolute atomic E-state index is 12.3. The number of benzene rings is 3. The molecule has 0 bridgehead atoms. The Hall–Kier alpha value is -3.95. The number of amides is 2. The quantitative estimate of drug-likeness (QED) is 0.335. The van der Waals surface area contributed by atoms with Gasteiger partial charge in [0.2, 0.25) is 15.9 Å². The summed E-state index contributed by atoms with van der Waals surface area (Å²) in [6, 6.07) is 16.2. The Kier molecular flexibility index (Phi) is 6.42. The molecule has 0 radical (unpaired) electrons. The number of nitrogens with one attached hydrogen (secondary N) is 1. The molecule has 2 amide bonds. The van der Waals surface area contributed by atoms with Gasteiger partial charge in [0, 0.05) is 17.3 Å². The van der Waals surface area contributed by atoms with E-state index in [4.69, 9.17) is 16.6 Å². The fourth-order valence-electron chi connectivity index (χ4n) is 3.12. The number of hydrogen-bond donors (Lipinski definition) is 4. The summed E-state index contributed by atoms with van der Waals surface area (Å²) in [5, 5.41) is 7.89. The number of aryl methyl sites for hydroxylation is 1. The first kappa shape index (κ1) is 22.7. The highest BCUT2D eigenvalue weighted by Crippen LogP contribution is 2.31. The molecule has 0 saturated carbocycles. The number of anilines is 2. The van der Waals surface area contributed by atoms with E-state index in [0.717, 1.165) is 5.56 Å². The molecule has 8 nitrogen and oxygen atoms in total. The minimum atomic E-state index is -3.85. The van der Waals surface area contributed by atoms with Crippen LogP contribution in [0.4, 0.5) is 11.4 Å². The lowest BCUT2D eigenvalue weighted by Gasteiger charge is -2.12. The average molecular weight is 451 g/mol. The standard InChI is InChI=1S/C23H22N4O4S/c1-14-3-2-4-17(11-14)27-21(28)10-5-15-12-19(22(24)20(13-15)23(25)29)16-6-8-18(9-7-16)32(26,30)31/h2-13H,24H2,1H3,(H2,25,29)(H,27,28)(H2,26,30,31). The average Bonchev–Trinajstić information content (AvgIpc) is 2.72. The molecule has 9 heteroatoms. The molecule has 0 aliphatic rings. The number of nitrogen functional groups attached to an aromatic ring is 1. The molecule has 7 N–H and O–H groups in total. The van der Waals surface area contributed by atoms with Gasteiger partial charge in [0.1, 0.15) is 0 Å². The van der Waals surface area contributed by atoms with Crippen molar-refractivity contribution in [1.29, 1.82) is 0 Å². The lowest BCUT2D eigenvalue weighted by molar-refractivity contribution is -0.111. The molecule has 3 rings (SSSR count). The van der Waals surface area contributed by atoms with Crippen molar-refractivity contribution >= 4 is 39.3 Å². The lowest BCUT2D eigenvalue weighted by atomic mass is 9.96. The van der Waals surface area contributed by atoms with Gasteiger partial charge in [0.15, 0.2) is 0 Å². The van der Waals surface area contributed by atoms with Crippen molar-refractivity contribution in [3.63, 3.8) is 0 Å². The zero-order valence-corrected chi connectivity index (χ0v) is 18.0. The molecule has 0 heterocycles. The second-order valence-corrected chi connectivity index (χ2v) is 8.72. The van der Waals surface area contributed by atoms with Gasteiger partial charge in [-0.15, -0.1) is 0 Å². The third-order valence-corrected chi connectivity index (χ3v) is 5.60. The molecule has 3 aromatic rings. The van der Waals surface area contributed by atoms with Crippen LogP contribution >= 0.6 is 0 Å². The molecule has 3 aromatic carbocycles. The fraction of sp³-hybridized carbons (Fsp3) is 0.0435. The molecule has 0 aliphatic heterocycles. The fourth-order valence-corrected chi connectivity index (χ4v) is 3.63. The summed E-state index contributed by atoms with van der Waals surface area (Å²) in [6.07, 6.45) is 2.85. The van der Waals surface area contributed by atoms with E-state index >= 15 is 0 Å². The Morgan fingerprint density at radius 1 is 1.00 bits per heavy atom. The maximum atomic E-state index is 12.3. The van der Waals surface area contributed by atoms with Gasteiger partial charge < -0.3 is 16.8 Å². The van der Waals surface area contributed by atoms with Gasteiger partial charge in [-0.25, -0.2) is 13.6 Å². The second kappa shape index (κ2) is 9.04. The summed E-state index contributed by atoms with van der Waals surface area (Å²) in [5.41, 5.74) is 15.0. The second-order valence-electron chi connectivity index (χ2n) is 7.16. The number of hydrogen-bond acceptors (Lipinski definition) is 5. The number of carbonyl (C=O) groups is 2. The Balaban J connectivity index is 1.95. The number of primary sulfonamides is 1. The zero-order valence-electron chi connectivity index (χ0n) is 17.2. The highest BCUT2D eigenvalue weighted by atomic mass is 32.2. The van der Waals surface area contributed by atoms with Crippen LogP contribution in [0.25, 0.3) is 17.2 Å². The monoisotopic (exact) mass is 450 g/mol. The Labute approximate surface area is 185 Å². The predicted molar refractivity (Wildman–Crippen MR) is 125 cm³/mol. The van der Waals surface area contributed by atoms with Crippen LogP contribution in [0.2, 0.25) is 0 Å². The highest BCUT2D eigenvalue weighted by Gasteiger charge is 2.15. The number of nitrogens with two attached hydrogens (primary N) is 3. The van der Waals surface area contributed by atoms with Crippen molar-refractivity contribution in [3.8, 4) is 11.1 Å². The van der Waals surface area contributed by atoms with Crippen molar-refractivity contribution in [3.05, 3.63) is 83.4 Å². The molecule has 0 fully saturated rings. The molecule has 0 unspecified atom stereocenters. The molecule has 32 heavy (non-hydrogen) atoms. The minimum Gasteiger partial charge on any atom is -0.398 e. The molecular weight excluding hydrogens is 428 g/mol. The van der Waals surface area contributed by atoms with E-state index < -0.39 is 15.9 Å². The van der Waals surface area contributed by atoms with Crippen molar-refractivity contribution in [2.45, 2.75) is 11.8 Å². The summed E-state index contributed by atoms with van der Waals surface area (Å²) in [6.45, 7) is 1.92. The summed E-state index contributed by atoms with van der Waals surface area (Å²) in [7, 11) is -3.85. The molecule has 164 valence electrons. The number of primary amides is 1. The number of sulfonamides is 1.